The predicted octanol–water partition coefficient (Wildman–Crippen LogP) is 1.43. The smallest absolute Gasteiger partial charge is 0.462 e. The Kier molecular flexibility index (Phi) is 5.65. The lowest BCUT2D eigenvalue weighted by Gasteiger charge is -2.09. The molecule has 2 fully saturated rings. The second-order valence-corrected chi connectivity index (χ2v) is 6.26. The Morgan fingerprint density at radius 3 is 2.00 bits per heavy atom. The fraction of sp³-hybridized carbons (Fsp3) is 0.750. The molecule has 0 saturated heterocycles. The Hall–Kier alpha value is -2.30. The van der Waals surface area contributed by atoms with Crippen molar-refractivity contribution in [2.45, 2.75) is 26.7 Å². The predicted molar refractivity (Wildman–Crippen MR) is 78.3 cm³/mol. The van der Waals surface area contributed by atoms with Gasteiger partial charge in [-0.2, -0.15) is 5.26 Å². The molecule has 8 nitrogen and oxygen atoms in total. The van der Waals surface area contributed by atoms with E-state index in [9.17, 15) is 14.4 Å². The molecule has 0 N–H and O–H groups in total. The van der Waals surface area contributed by atoms with Crippen molar-refractivity contribution in [3.8, 4) is 6.07 Å². The van der Waals surface area contributed by atoms with Crippen LogP contribution in [0.3, 0.4) is 0 Å². The van der Waals surface area contributed by atoms with Gasteiger partial charge >= 0.3 is 18.1 Å². The van der Waals surface area contributed by atoms with E-state index in [-0.39, 0.29) is 44.2 Å². The summed E-state index contributed by atoms with van der Waals surface area (Å²) >= 11 is 0. The molecular formula is C16H21NO7. The van der Waals surface area contributed by atoms with E-state index in [1.165, 1.54) is 0 Å². The van der Waals surface area contributed by atoms with Crippen molar-refractivity contribution >= 4 is 18.1 Å². The molecule has 4 unspecified atom stereocenters. The van der Waals surface area contributed by atoms with Crippen LogP contribution >= 0.6 is 0 Å². The lowest BCUT2D eigenvalue weighted by Crippen LogP contribution is -2.22. The fourth-order valence-electron chi connectivity index (χ4n) is 2.36. The summed E-state index contributed by atoms with van der Waals surface area (Å²) in [4.78, 5) is 34.4. The second-order valence-electron chi connectivity index (χ2n) is 6.26. The number of rotatable bonds is 8. The lowest BCUT2D eigenvalue weighted by molar-refractivity contribution is -0.149. The van der Waals surface area contributed by atoms with Crippen LogP contribution in [0.1, 0.15) is 26.7 Å². The van der Waals surface area contributed by atoms with E-state index in [1.807, 2.05) is 13.0 Å². The maximum atomic E-state index is 11.7. The van der Waals surface area contributed by atoms with Gasteiger partial charge in [0.25, 0.3) is 0 Å². The molecule has 0 heterocycles. The first-order valence-corrected chi connectivity index (χ1v) is 7.95. The third-order valence-corrected chi connectivity index (χ3v) is 4.37. The molecule has 0 aliphatic heterocycles. The van der Waals surface area contributed by atoms with Gasteiger partial charge in [-0.3, -0.25) is 9.59 Å². The molecule has 2 saturated carbocycles. The molecule has 0 aromatic rings. The molecule has 0 bridgehead atoms. The highest BCUT2D eigenvalue weighted by Gasteiger charge is 2.59. The summed E-state index contributed by atoms with van der Waals surface area (Å²) in [6.45, 7) is 3.34. The first-order valence-electron chi connectivity index (χ1n) is 7.95. The van der Waals surface area contributed by atoms with Crippen LogP contribution in [0.2, 0.25) is 0 Å². The van der Waals surface area contributed by atoms with Crippen LogP contribution in [0.15, 0.2) is 0 Å². The van der Waals surface area contributed by atoms with Gasteiger partial charge in [0, 0.05) is 0 Å². The average molecular weight is 339 g/mol. The van der Waals surface area contributed by atoms with Crippen LogP contribution < -0.4 is 0 Å². The number of nitrogens with zero attached hydrogens (tertiary/aromatic N) is 1. The van der Waals surface area contributed by atoms with E-state index in [0.717, 1.165) is 6.42 Å². The Bertz CT molecular complexity index is 555. The van der Waals surface area contributed by atoms with Crippen molar-refractivity contribution in [3.05, 3.63) is 0 Å². The van der Waals surface area contributed by atoms with Crippen LogP contribution in [-0.2, 0) is 28.5 Å². The largest absolute Gasteiger partial charge is 0.508 e. The molecule has 4 atom stereocenters. The van der Waals surface area contributed by atoms with Gasteiger partial charge in [0.1, 0.15) is 26.4 Å². The summed E-state index contributed by atoms with van der Waals surface area (Å²) in [6, 6.07) is 1.96. The zero-order valence-corrected chi connectivity index (χ0v) is 13.8. The Balaban J connectivity index is 1.47. The summed E-state index contributed by atoms with van der Waals surface area (Å²) in [7, 11) is 0. The summed E-state index contributed by atoms with van der Waals surface area (Å²) in [5, 5.41) is 8.96. The van der Waals surface area contributed by atoms with Crippen molar-refractivity contribution in [2.75, 3.05) is 26.4 Å². The van der Waals surface area contributed by atoms with E-state index >= 15 is 0 Å². The Morgan fingerprint density at radius 1 is 1.04 bits per heavy atom. The Labute approximate surface area is 140 Å². The molecule has 8 heteroatoms. The molecule has 2 rings (SSSR count). The Morgan fingerprint density at radius 2 is 1.54 bits per heavy atom. The van der Waals surface area contributed by atoms with Crippen LogP contribution in [0.25, 0.3) is 0 Å². The zero-order valence-electron chi connectivity index (χ0n) is 13.8. The molecule has 24 heavy (non-hydrogen) atoms. The van der Waals surface area contributed by atoms with Crippen LogP contribution in [0.4, 0.5) is 4.79 Å². The van der Waals surface area contributed by atoms with E-state index < -0.39 is 17.5 Å². The van der Waals surface area contributed by atoms with Crippen molar-refractivity contribution in [1.29, 1.82) is 5.26 Å². The molecule has 0 amide bonds. The highest BCUT2D eigenvalue weighted by molar-refractivity contribution is 5.84. The molecule has 0 radical (unpaired) electrons. The third-order valence-electron chi connectivity index (χ3n) is 4.37. The highest BCUT2D eigenvalue weighted by Crippen LogP contribution is 2.52. The van der Waals surface area contributed by atoms with Crippen LogP contribution in [0.5, 0.6) is 0 Å². The van der Waals surface area contributed by atoms with E-state index in [4.69, 9.17) is 24.2 Å². The normalized spacial score (nSPS) is 29.8. The number of ether oxygens (including phenoxy) is 4. The number of nitriles is 1. The quantitative estimate of drug-likeness (QED) is 0.371. The number of carbonyl (C=O) groups excluding carboxylic acids is 3. The molecule has 0 aromatic carbocycles. The van der Waals surface area contributed by atoms with Crippen molar-refractivity contribution in [2.24, 2.45) is 23.2 Å². The second kappa shape index (κ2) is 7.51. The zero-order chi connectivity index (χ0) is 17.7. The summed E-state index contributed by atoms with van der Waals surface area (Å²) in [5.74, 6) is -0.535. The molecule has 2 aliphatic carbocycles. The van der Waals surface area contributed by atoms with Gasteiger partial charge in [-0.15, -0.1) is 0 Å². The number of hydrogen-bond donors (Lipinski definition) is 0. The molecule has 0 spiro atoms. The van der Waals surface area contributed by atoms with Crippen molar-refractivity contribution in [3.63, 3.8) is 0 Å². The lowest BCUT2D eigenvalue weighted by atomic mass is 10.1. The minimum absolute atomic E-state index is 0.0118. The van der Waals surface area contributed by atoms with Gasteiger partial charge in [-0.1, -0.05) is 13.8 Å². The summed E-state index contributed by atoms with van der Waals surface area (Å²) < 4.78 is 19.3. The van der Waals surface area contributed by atoms with Crippen LogP contribution in [0, 0.1) is 34.5 Å². The van der Waals surface area contributed by atoms with E-state index in [2.05, 4.69) is 0 Å². The third kappa shape index (κ3) is 4.37. The maximum Gasteiger partial charge on any atom is 0.508 e. The van der Waals surface area contributed by atoms with Gasteiger partial charge in [0.05, 0.1) is 12.0 Å². The van der Waals surface area contributed by atoms with Gasteiger partial charge in [-0.25, -0.2) is 4.79 Å². The van der Waals surface area contributed by atoms with Gasteiger partial charge in [-0.05, 0) is 24.7 Å². The molecule has 0 aromatic heterocycles. The molecule has 132 valence electrons. The standard InChI is InChI=1S/C16H21NO7/c1-10-7-12(10)13(18)21-3-5-23-15(20)24-6-4-22-14(19)16(9-17)8-11(16)2/h10-12H,3-8H2,1-2H3. The monoisotopic (exact) mass is 339 g/mol. The summed E-state index contributed by atoms with van der Waals surface area (Å²) in [5.41, 5.74) is -1.04. The topological polar surface area (TPSA) is 112 Å². The van der Waals surface area contributed by atoms with Gasteiger partial charge in [0.2, 0.25) is 0 Å². The number of hydrogen-bond acceptors (Lipinski definition) is 8. The van der Waals surface area contributed by atoms with Gasteiger partial charge in [0.15, 0.2) is 5.41 Å². The minimum atomic E-state index is -1.04. The van der Waals surface area contributed by atoms with E-state index in [1.54, 1.807) is 6.92 Å². The number of carbonyl (C=O) groups is 3. The highest BCUT2D eigenvalue weighted by atomic mass is 16.7. The van der Waals surface area contributed by atoms with Crippen molar-refractivity contribution < 1.29 is 33.3 Å². The van der Waals surface area contributed by atoms with Gasteiger partial charge < -0.3 is 18.9 Å². The minimum Gasteiger partial charge on any atom is -0.462 e. The SMILES string of the molecule is CC1CC1C(=O)OCCOC(=O)OCCOC(=O)C1(C#N)CC1C. The first kappa shape index (κ1) is 18.0. The summed E-state index contributed by atoms with van der Waals surface area (Å²) in [6.07, 6.45) is 0.396. The number of esters is 2. The fourth-order valence-corrected chi connectivity index (χ4v) is 2.36. The molecular weight excluding hydrogens is 318 g/mol. The van der Waals surface area contributed by atoms with E-state index in [0.29, 0.717) is 12.3 Å². The first-order chi connectivity index (χ1) is 11.4. The molecule has 2 aliphatic rings. The van der Waals surface area contributed by atoms with Crippen molar-refractivity contribution in [1.82, 2.24) is 0 Å². The van der Waals surface area contributed by atoms with Crippen LogP contribution in [-0.4, -0.2) is 44.5 Å². The maximum absolute atomic E-state index is 11.7. The average Bonchev–Trinajstić information content (AvgIpc) is 3.44.